The van der Waals surface area contributed by atoms with Gasteiger partial charge in [-0.2, -0.15) is 0 Å². The van der Waals surface area contributed by atoms with Crippen molar-refractivity contribution in [1.29, 1.82) is 0 Å². The highest BCUT2D eigenvalue weighted by Gasteiger charge is 2.20. The van der Waals surface area contributed by atoms with E-state index in [1.165, 1.54) is 16.3 Å². The van der Waals surface area contributed by atoms with E-state index in [9.17, 15) is 9.59 Å². The van der Waals surface area contributed by atoms with E-state index in [2.05, 4.69) is 15.5 Å². The summed E-state index contributed by atoms with van der Waals surface area (Å²) in [6.07, 6.45) is 0. The molecule has 2 aromatic heterocycles. The fraction of sp³-hybridized carbons (Fsp3) is 0.200. The summed E-state index contributed by atoms with van der Waals surface area (Å²) in [6.45, 7) is 2.15. The maximum atomic E-state index is 12.6. The summed E-state index contributed by atoms with van der Waals surface area (Å²) in [6, 6.07) is 14.7. The highest BCUT2D eigenvalue weighted by atomic mass is 35.5. The van der Waals surface area contributed by atoms with Crippen molar-refractivity contribution in [3.63, 3.8) is 0 Å². The van der Waals surface area contributed by atoms with Crippen LogP contribution in [0.2, 0.25) is 5.02 Å². The van der Waals surface area contributed by atoms with Gasteiger partial charge in [0.25, 0.3) is 5.56 Å². The topological polar surface area (TPSA) is 81.3 Å². The Morgan fingerprint density at radius 3 is 2.69 bits per heavy atom. The monoisotopic (exact) mass is 427 g/mol. The highest BCUT2D eigenvalue weighted by Crippen LogP contribution is 2.25. The van der Waals surface area contributed by atoms with Gasteiger partial charge in [0.1, 0.15) is 0 Å². The molecule has 7 nitrogen and oxygen atoms in total. The van der Waals surface area contributed by atoms with Gasteiger partial charge in [-0.1, -0.05) is 53.7 Å². The van der Waals surface area contributed by atoms with Gasteiger partial charge in [0.15, 0.2) is 5.16 Å². The number of nitrogens with one attached hydrogen (secondary N) is 1. The largest absolute Gasteiger partial charge is 0.351 e. The summed E-state index contributed by atoms with van der Waals surface area (Å²) >= 11 is 7.43. The Hall–Kier alpha value is -2.84. The molecular formula is C20H18ClN5O2S. The van der Waals surface area contributed by atoms with Crippen LogP contribution in [0.15, 0.2) is 58.5 Å². The molecule has 0 aliphatic heterocycles. The number of nitrogens with zero attached hydrogens (tertiary/aromatic N) is 4. The molecule has 1 atom stereocenters. The first-order valence-electron chi connectivity index (χ1n) is 8.98. The van der Waals surface area contributed by atoms with Gasteiger partial charge in [-0.3, -0.25) is 18.6 Å². The summed E-state index contributed by atoms with van der Waals surface area (Å²) in [7, 11) is 1.66. The summed E-state index contributed by atoms with van der Waals surface area (Å²) < 4.78 is 3.26. The van der Waals surface area contributed by atoms with Crippen molar-refractivity contribution in [2.45, 2.75) is 23.9 Å². The molecule has 148 valence electrons. The van der Waals surface area contributed by atoms with E-state index >= 15 is 0 Å². The SMILES string of the molecule is CC(Sc1nnc2n(C)c(=O)c3ccccc3n12)C(=O)NCc1ccccc1Cl. The number of benzene rings is 2. The zero-order chi connectivity index (χ0) is 20.5. The van der Waals surface area contributed by atoms with Crippen LogP contribution in [0.1, 0.15) is 12.5 Å². The molecule has 0 radical (unpaired) electrons. The van der Waals surface area contributed by atoms with E-state index in [1.54, 1.807) is 30.5 Å². The first-order chi connectivity index (χ1) is 14.0. The average molecular weight is 428 g/mol. The Balaban J connectivity index is 1.60. The lowest BCUT2D eigenvalue weighted by molar-refractivity contribution is -0.120. The van der Waals surface area contributed by atoms with Crippen LogP contribution in [-0.4, -0.2) is 30.3 Å². The molecule has 2 aromatic carbocycles. The highest BCUT2D eigenvalue weighted by molar-refractivity contribution is 8.00. The normalized spacial score (nSPS) is 12.4. The van der Waals surface area contributed by atoms with Crippen molar-refractivity contribution in [2.24, 2.45) is 7.05 Å². The van der Waals surface area contributed by atoms with Crippen molar-refractivity contribution in [3.05, 3.63) is 69.5 Å². The predicted molar refractivity (Wildman–Crippen MR) is 114 cm³/mol. The van der Waals surface area contributed by atoms with Gasteiger partial charge in [-0.25, -0.2) is 0 Å². The maximum absolute atomic E-state index is 12.6. The standard InChI is InChI=1S/C20H18ClN5O2S/c1-12(17(27)22-11-13-7-3-5-9-15(13)21)29-20-24-23-19-25(2)18(28)14-8-4-6-10-16(14)26(19)20/h3-10,12H,11H2,1-2H3,(H,22,27). The summed E-state index contributed by atoms with van der Waals surface area (Å²) in [5.41, 5.74) is 1.43. The van der Waals surface area contributed by atoms with Crippen molar-refractivity contribution >= 4 is 46.0 Å². The predicted octanol–water partition coefficient (Wildman–Crippen LogP) is 3.03. The van der Waals surface area contributed by atoms with Crippen LogP contribution >= 0.6 is 23.4 Å². The van der Waals surface area contributed by atoms with Crippen molar-refractivity contribution in [2.75, 3.05) is 0 Å². The van der Waals surface area contributed by atoms with Gasteiger partial charge in [0, 0.05) is 18.6 Å². The number of thioether (sulfide) groups is 1. The summed E-state index contributed by atoms with van der Waals surface area (Å²) in [5, 5.41) is 12.6. The Kier molecular flexibility index (Phi) is 5.29. The van der Waals surface area contributed by atoms with E-state index in [0.717, 1.165) is 5.56 Å². The third kappa shape index (κ3) is 3.61. The number of para-hydroxylation sites is 1. The zero-order valence-corrected chi connectivity index (χ0v) is 17.4. The van der Waals surface area contributed by atoms with E-state index in [-0.39, 0.29) is 11.5 Å². The number of halogens is 1. The smallest absolute Gasteiger partial charge is 0.262 e. The van der Waals surface area contributed by atoms with Crippen LogP contribution in [0, 0.1) is 0 Å². The summed E-state index contributed by atoms with van der Waals surface area (Å²) in [5.74, 6) is 0.292. The van der Waals surface area contributed by atoms with Crippen LogP contribution in [0.4, 0.5) is 0 Å². The molecule has 2 heterocycles. The number of rotatable bonds is 5. The molecule has 0 spiro atoms. The fourth-order valence-corrected chi connectivity index (χ4v) is 4.15. The number of fused-ring (bicyclic) bond motifs is 3. The first-order valence-corrected chi connectivity index (χ1v) is 10.2. The van der Waals surface area contributed by atoms with Gasteiger partial charge in [0.2, 0.25) is 11.7 Å². The Morgan fingerprint density at radius 2 is 1.90 bits per heavy atom. The second kappa shape index (κ2) is 7.88. The Labute approximate surface area is 175 Å². The van der Waals surface area contributed by atoms with Crippen LogP contribution in [0.25, 0.3) is 16.7 Å². The molecule has 1 N–H and O–H groups in total. The Morgan fingerprint density at radius 1 is 1.17 bits per heavy atom. The lowest BCUT2D eigenvalue weighted by atomic mass is 10.2. The fourth-order valence-electron chi connectivity index (χ4n) is 3.07. The van der Waals surface area contributed by atoms with Crippen LogP contribution < -0.4 is 10.9 Å². The summed E-state index contributed by atoms with van der Waals surface area (Å²) in [4.78, 5) is 25.1. The molecule has 0 saturated heterocycles. The number of aryl methyl sites for hydroxylation is 1. The molecule has 0 fully saturated rings. The van der Waals surface area contributed by atoms with Gasteiger partial charge in [0.05, 0.1) is 16.2 Å². The molecule has 4 aromatic rings. The molecule has 0 saturated carbocycles. The lowest BCUT2D eigenvalue weighted by Gasteiger charge is -2.12. The molecule has 9 heteroatoms. The van der Waals surface area contributed by atoms with E-state index in [4.69, 9.17) is 11.6 Å². The third-order valence-corrected chi connectivity index (χ3v) is 6.07. The molecule has 1 amide bonds. The third-order valence-electron chi connectivity index (χ3n) is 4.66. The zero-order valence-electron chi connectivity index (χ0n) is 15.8. The number of hydrogen-bond donors (Lipinski definition) is 1. The number of hydrogen-bond acceptors (Lipinski definition) is 5. The minimum atomic E-state index is -0.416. The van der Waals surface area contributed by atoms with E-state index in [0.29, 0.717) is 33.4 Å². The van der Waals surface area contributed by atoms with Gasteiger partial charge in [-0.05, 0) is 30.7 Å². The molecular weight excluding hydrogens is 410 g/mol. The first kappa shape index (κ1) is 19.5. The molecule has 0 aliphatic carbocycles. The van der Waals surface area contributed by atoms with Crippen molar-refractivity contribution in [1.82, 2.24) is 24.5 Å². The quantitative estimate of drug-likeness (QED) is 0.495. The second-order valence-corrected chi connectivity index (χ2v) is 8.28. The number of carbonyl (C=O) groups excluding carboxylic acids is 1. The average Bonchev–Trinajstić information content (AvgIpc) is 3.15. The number of amides is 1. The molecule has 1 unspecified atom stereocenters. The van der Waals surface area contributed by atoms with E-state index in [1.807, 2.05) is 36.4 Å². The van der Waals surface area contributed by atoms with Crippen LogP contribution in [-0.2, 0) is 18.4 Å². The minimum Gasteiger partial charge on any atom is -0.351 e. The van der Waals surface area contributed by atoms with E-state index < -0.39 is 5.25 Å². The number of carbonyl (C=O) groups is 1. The molecule has 0 aliphatic rings. The molecule has 0 bridgehead atoms. The van der Waals surface area contributed by atoms with Crippen LogP contribution in [0.5, 0.6) is 0 Å². The molecule has 29 heavy (non-hydrogen) atoms. The Bertz CT molecular complexity index is 1280. The molecule has 4 rings (SSSR count). The van der Waals surface area contributed by atoms with Crippen molar-refractivity contribution < 1.29 is 4.79 Å². The van der Waals surface area contributed by atoms with Gasteiger partial charge >= 0.3 is 0 Å². The van der Waals surface area contributed by atoms with Crippen LogP contribution in [0.3, 0.4) is 0 Å². The van der Waals surface area contributed by atoms with Gasteiger partial charge < -0.3 is 5.32 Å². The number of aromatic nitrogens is 4. The van der Waals surface area contributed by atoms with Crippen molar-refractivity contribution in [3.8, 4) is 0 Å². The maximum Gasteiger partial charge on any atom is 0.262 e. The minimum absolute atomic E-state index is 0.136. The second-order valence-electron chi connectivity index (χ2n) is 6.57. The van der Waals surface area contributed by atoms with Gasteiger partial charge in [-0.15, -0.1) is 10.2 Å². The lowest BCUT2D eigenvalue weighted by Crippen LogP contribution is -2.30.